The Morgan fingerprint density at radius 1 is 1.41 bits per heavy atom. The maximum Gasteiger partial charge on any atom is 0.326 e. The predicted octanol–water partition coefficient (Wildman–Crippen LogP) is 0.820. The highest BCUT2D eigenvalue weighted by Gasteiger charge is 2.29. The number of hydrogen-bond acceptors (Lipinski definition) is 4. The molecule has 1 aliphatic rings. The summed E-state index contributed by atoms with van der Waals surface area (Å²) < 4.78 is 25.1. The Morgan fingerprint density at radius 2 is 2.14 bits per heavy atom. The first kappa shape index (κ1) is 16.3. The number of hydrogen-bond donors (Lipinski definition) is 2. The molecule has 2 rings (SSSR count). The summed E-state index contributed by atoms with van der Waals surface area (Å²) in [7, 11) is -3.32. The van der Waals surface area contributed by atoms with Crippen LogP contribution in [0.25, 0.3) is 0 Å². The molecule has 120 valence electrons. The van der Waals surface area contributed by atoms with Crippen molar-refractivity contribution >= 4 is 27.6 Å². The van der Waals surface area contributed by atoms with Gasteiger partial charge in [-0.15, -0.1) is 0 Å². The summed E-state index contributed by atoms with van der Waals surface area (Å²) in [6, 6.07) is 5.23. The van der Waals surface area contributed by atoms with Crippen LogP contribution in [-0.2, 0) is 14.8 Å². The zero-order chi connectivity index (χ0) is 16.3. The molecule has 1 saturated heterocycles. The molecule has 2 N–H and O–H groups in total. The van der Waals surface area contributed by atoms with Crippen LogP contribution in [0.4, 0.5) is 5.69 Å². The van der Waals surface area contributed by atoms with Gasteiger partial charge in [0.1, 0.15) is 6.04 Å². The van der Waals surface area contributed by atoms with Crippen LogP contribution in [0, 0.1) is 0 Å². The Morgan fingerprint density at radius 3 is 2.68 bits per heavy atom. The van der Waals surface area contributed by atoms with E-state index in [2.05, 4.69) is 5.32 Å². The van der Waals surface area contributed by atoms with Gasteiger partial charge in [-0.2, -0.15) is 0 Å². The molecular weight excluding hydrogens is 308 g/mol. The molecule has 0 bridgehead atoms. The first-order valence-corrected chi connectivity index (χ1v) is 8.60. The van der Waals surface area contributed by atoms with Gasteiger partial charge in [0.05, 0.1) is 11.4 Å². The minimum absolute atomic E-state index is 0.0976. The summed E-state index contributed by atoms with van der Waals surface area (Å²) in [4.78, 5) is 23.1. The van der Waals surface area contributed by atoms with Crippen molar-refractivity contribution in [3.05, 3.63) is 29.8 Å². The smallest absolute Gasteiger partial charge is 0.326 e. The summed E-state index contributed by atoms with van der Waals surface area (Å²) in [5.41, 5.74) is 0.660. The highest BCUT2D eigenvalue weighted by Crippen LogP contribution is 2.24. The number of carbonyl (C=O) groups excluding carboxylic acids is 1. The van der Waals surface area contributed by atoms with Crippen molar-refractivity contribution in [1.82, 2.24) is 5.32 Å². The van der Waals surface area contributed by atoms with Crippen molar-refractivity contribution < 1.29 is 23.1 Å². The molecule has 7 nitrogen and oxygen atoms in total. The molecule has 1 aromatic carbocycles. The monoisotopic (exact) mass is 326 g/mol. The van der Waals surface area contributed by atoms with Crippen LogP contribution >= 0.6 is 0 Å². The molecule has 1 fully saturated rings. The first-order chi connectivity index (χ1) is 10.3. The maximum absolute atomic E-state index is 12.1. The van der Waals surface area contributed by atoms with Gasteiger partial charge in [-0.1, -0.05) is 13.0 Å². The molecule has 0 radical (unpaired) electrons. The zero-order valence-corrected chi connectivity index (χ0v) is 13.0. The number of carboxylic acid groups (broad SMARTS) is 1. The second kappa shape index (κ2) is 6.35. The quantitative estimate of drug-likeness (QED) is 0.833. The lowest BCUT2D eigenvalue weighted by atomic mass is 10.1. The van der Waals surface area contributed by atoms with Crippen molar-refractivity contribution in [2.75, 3.05) is 16.6 Å². The number of rotatable bonds is 5. The molecule has 0 aromatic heterocycles. The number of carboxylic acids is 1. The Labute approximate surface area is 129 Å². The van der Waals surface area contributed by atoms with E-state index < -0.39 is 27.9 Å². The van der Waals surface area contributed by atoms with E-state index in [0.717, 1.165) is 0 Å². The number of amides is 1. The van der Waals surface area contributed by atoms with Gasteiger partial charge in [0.2, 0.25) is 10.0 Å². The van der Waals surface area contributed by atoms with Gasteiger partial charge in [-0.05, 0) is 31.0 Å². The normalized spacial score (nSPS) is 18.0. The van der Waals surface area contributed by atoms with E-state index >= 15 is 0 Å². The highest BCUT2D eigenvalue weighted by molar-refractivity contribution is 7.93. The predicted molar refractivity (Wildman–Crippen MR) is 81.4 cm³/mol. The lowest BCUT2D eigenvalue weighted by Gasteiger charge is -2.18. The van der Waals surface area contributed by atoms with Crippen LogP contribution in [0.3, 0.4) is 0 Å². The van der Waals surface area contributed by atoms with Crippen LogP contribution in [-0.4, -0.2) is 43.7 Å². The van der Waals surface area contributed by atoms with Crippen LogP contribution in [0.2, 0.25) is 0 Å². The maximum atomic E-state index is 12.1. The average Bonchev–Trinajstić information content (AvgIpc) is 2.83. The molecule has 0 aliphatic carbocycles. The molecule has 1 heterocycles. The van der Waals surface area contributed by atoms with Crippen LogP contribution in [0.1, 0.15) is 30.1 Å². The topological polar surface area (TPSA) is 104 Å². The SMILES string of the molecule is CCC(NC(=O)c1cccc(N2CCCS2(=O)=O)c1)C(=O)O. The summed E-state index contributed by atoms with van der Waals surface area (Å²) in [6.45, 7) is 2.05. The number of nitrogens with zero attached hydrogens (tertiary/aromatic N) is 1. The Hall–Kier alpha value is -2.09. The number of sulfonamides is 1. The Kier molecular flexibility index (Phi) is 4.70. The molecule has 1 aliphatic heterocycles. The van der Waals surface area contributed by atoms with E-state index in [1.54, 1.807) is 19.1 Å². The van der Waals surface area contributed by atoms with Crippen molar-refractivity contribution in [1.29, 1.82) is 0 Å². The molecule has 22 heavy (non-hydrogen) atoms. The fourth-order valence-electron chi connectivity index (χ4n) is 2.31. The molecule has 1 atom stereocenters. The van der Waals surface area contributed by atoms with Gasteiger partial charge >= 0.3 is 5.97 Å². The fraction of sp³-hybridized carbons (Fsp3) is 0.429. The van der Waals surface area contributed by atoms with Gasteiger partial charge in [0, 0.05) is 12.1 Å². The largest absolute Gasteiger partial charge is 0.480 e. The van der Waals surface area contributed by atoms with Gasteiger partial charge in [-0.3, -0.25) is 9.10 Å². The van der Waals surface area contributed by atoms with E-state index in [-0.39, 0.29) is 17.7 Å². The number of anilines is 1. The van der Waals surface area contributed by atoms with E-state index in [1.165, 1.54) is 16.4 Å². The van der Waals surface area contributed by atoms with E-state index in [9.17, 15) is 18.0 Å². The van der Waals surface area contributed by atoms with Crippen molar-refractivity contribution in [3.8, 4) is 0 Å². The van der Waals surface area contributed by atoms with Gasteiger partial charge in [0.25, 0.3) is 5.91 Å². The highest BCUT2D eigenvalue weighted by atomic mass is 32.2. The number of aliphatic carboxylic acids is 1. The number of carbonyl (C=O) groups is 2. The lowest BCUT2D eigenvalue weighted by Crippen LogP contribution is -2.40. The molecule has 1 amide bonds. The summed E-state index contributed by atoms with van der Waals surface area (Å²) in [5, 5.41) is 11.4. The van der Waals surface area contributed by atoms with Crippen molar-refractivity contribution in [2.24, 2.45) is 0 Å². The van der Waals surface area contributed by atoms with Crippen molar-refractivity contribution in [2.45, 2.75) is 25.8 Å². The lowest BCUT2D eigenvalue weighted by molar-refractivity contribution is -0.139. The standard InChI is InChI=1S/C14H18N2O5S/c1-2-12(14(18)19)15-13(17)10-5-3-6-11(9-10)16-7-4-8-22(16,20)21/h3,5-6,9,12H,2,4,7-8H2,1H3,(H,15,17)(H,18,19). The number of benzene rings is 1. The fourth-order valence-corrected chi connectivity index (χ4v) is 3.87. The van der Waals surface area contributed by atoms with E-state index in [1.807, 2.05) is 0 Å². The zero-order valence-electron chi connectivity index (χ0n) is 12.2. The first-order valence-electron chi connectivity index (χ1n) is 6.99. The van der Waals surface area contributed by atoms with Gasteiger partial charge in [0.15, 0.2) is 0 Å². The molecule has 0 spiro atoms. The van der Waals surface area contributed by atoms with Gasteiger partial charge in [-0.25, -0.2) is 13.2 Å². The minimum Gasteiger partial charge on any atom is -0.480 e. The molecular formula is C14H18N2O5S. The Bertz CT molecular complexity index is 686. The molecule has 0 saturated carbocycles. The second-order valence-electron chi connectivity index (χ2n) is 5.06. The molecule has 1 aromatic rings. The van der Waals surface area contributed by atoms with E-state index in [0.29, 0.717) is 18.7 Å². The average molecular weight is 326 g/mol. The summed E-state index contributed by atoms with van der Waals surface area (Å²) in [5.74, 6) is -1.54. The van der Waals surface area contributed by atoms with Crippen molar-refractivity contribution in [3.63, 3.8) is 0 Å². The third-order valence-corrected chi connectivity index (χ3v) is 5.38. The second-order valence-corrected chi connectivity index (χ2v) is 7.08. The summed E-state index contributed by atoms with van der Waals surface area (Å²) in [6.07, 6.45) is 0.816. The third kappa shape index (κ3) is 3.38. The van der Waals surface area contributed by atoms with Crippen LogP contribution in [0.5, 0.6) is 0 Å². The van der Waals surface area contributed by atoms with E-state index in [4.69, 9.17) is 5.11 Å². The van der Waals surface area contributed by atoms with Crippen LogP contribution in [0.15, 0.2) is 24.3 Å². The third-order valence-electron chi connectivity index (χ3n) is 3.51. The minimum atomic E-state index is -3.32. The van der Waals surface area contributed by atoms with Crippen LogP contribution < -0.4 is 9.62 Å². The molecule has 1 unspecified atom stereocenters. The summed E-state index contributed by atoms with van der Waals surface area (Å²) >= 11 is 0. The molecule has 8 heteroatoms. The Balaban J connectivity index is 2.21. The number of nitrogens with one attached hydrogen (secondary N) is 1. The van der Waals surface area contributed by atoms with Gasteiger partial charge < -0.3 is 10.4 Å².